The highest BCUT2D eigenvalue weighted by molar-refractivity contribution is 6.23. The maximum Gasteiger partial charge on any atom is 0.161 e. The fourth-order valence-electron chi connectivity index (χ4n) is 9.46. The highest BCUT2D eigenvalue weighted by Crippen LogP contribution is 2.48. The second-order valence-electron chi connectivity index (χ2n) is 15.9. The zero-order valence-electron chi connectivity index (χ0n) is 34.5. The summed E-state index contributed by atoms with van der Waals surface area (Å²) in [6.07, 6.45) is 0. The van der Waals surface area contributed by atoms with E-state index >= 15 is 0 Å². The second-order valence-corrected chi connectivity index (χ2v) is 15.9. The van der Waals surface area contributed by atoms with Crippen LogP contribution in [0.25, 0.3) is 117 Å². The van der Waals surface area contributed by atoms with Crippen LogP contribution in [0.4, 0.5) is 0 Å². The molecule has 298 valence electrons. The van der Waals surface area contributed by atoms with Gasteiger partial charge < -0.3 is 8.98 Å². The fraction of sp³-hybridized carbons (Fsp3) is 0. The Labute approximate surface area is 369 Å². The van der Waals surface area contributed by atoms with Gasteiger partial charge in [-0.3, -0.25) is 0 Å². The average Bonchev–Trinajstić information content (AvgIpc) is 3.93. The molecule has 12 aromatic rings. The molecule has 0 amide bonds. The molecule has 0 aliphatic heterocycles. The van der Waals surface area contributed by atoms with Crippen molar-refractivity contribution < 1.29 is 4.42 Å². The molecule has 9 aromatic carbocycles. The zero-order chi connectivity index (χ0) is 42.6. The summed E-state index contributed by atoms with van der Waals surface area (Å²) in [7, 11) is 0. The van der Waals surface area contributed by atoms with Gasteiger partial charge in [-0.1, -0.05) is 194 Å². The van der Waals surface area contributed by atoms with Crippen LogP contribution in [0.15, 0.2) is 223 Å². The van der Waals surface area contributed by atoms with Gasteiger partial charge in [0.15, 0.2) is 11.4 Å². The summed E-state index contributed by atoms with van der Waals surface area (Å²) in [6.45, 7) is 0. The topological polar surface area (TPSA) is 67.6 Å². The predicted octanol–water partition coefficient (Wildman–Crippen LogP) is 15.3. The molecule has 0 radical (unpaired) electrons. The molecule has 0 fully saturated rings. The molecule has 0 unspecified atom stereocenters. The Morgan fingerprint density at radius 1 is 0.391 bits per heavy atom. The van der Waals surface area contributed by atoms with E-state index in [1.165, 1.54) is 0 Å². The van der Waals surface area contributed by atoms with E-state index in [-0.39, 0.29) is 0 Å². The molecule has 3 heterocycles. The number of hydrogen-bond donors (Lipinski definition) is 0. The Morgan fingerprint density at radius 3 is 1.50 bits per heavy atom. The molecule has 0 saturated heterocycles. The SMILES string of the molecule is N#Cc1c(-c2ccccc2)nc(-c2ccc(-n3c4ccccc4c4ccc5c6cccc(-c7ccccc7)c6oc5c43)c(-c3ccccc3)c2-c2ccccc2)nc1-c1ccccc1. The second kappa shape index (κ2) is 15.3. The van der Waals surface area contributed by atoms with E-state index < -0.39 is 0 Å². The van der Waals surface area contributed by atoms with Gasteiger partial charge in [0.1, 0.15) is 17.2 Å². The molecular formula is C59H36N4O. The lowest BCUT2D eigenvalue weighted by molar-refractivity contribution is 0.672. The first kappa shape index (κ1) is 37.0. The van der Waals surface area contributed by atoms with Gasteiger partial charge >= 0.3 is 0 Å². The maximum atomic E-state index is 10.8. The van der Waals surface area contributed by atoms with E-state index in [4.69, 9.17) is 14.4 Å². The predicted molar refractivity (Wildman–Crippen MR) is 261 cm³/mol. The molecule has 5 nitrogen and oxygen atoms in total. The number of furan rings is 1. The van der Waals surface area contributed by atoms with Crippen molar-refractivity contribution >= 4 is 43.7 Å². The summed E-state index contributed by atoms with van der Waals surface area (Å²) in [5.41, 5.74) is 15.0. The highest BCUT2D eigenvalue weighted by atomic mass is 16.3. The van der Waals surface area contributed by atoms with Crippen LogP contribution in [0, 0.1) is 11.3 Å². The molecule has 0 N–H and O–H groups in total. The van der Waals surface area contributed by atoms with Crippen molar-refractivity contribution in [2.24, 2.45) is 0 Å². The monoisotopic (exact) mass is 816 g/mol. The van der Waals surface area contributed by atoms with Crippen molar-refractivity contribution in [3.8, 4) is 79.0 Å². The van der Waals surface area contributed by atoms with Crippen molar-refractivity contribution in [1.29, 1.82) is 5.26 Å². The average molecular weight is 817 g/mol. The molecule has 0 bridgehead atoms. The van der Waals surface area contributed by atoms with E-state index in [1.807, 2.05) is 72.8 Å². The minimum absolute atomic E-state index is 0.429. The van der Waals surface area contributed by atoms with Gasteiger partial charge in [-0.2, -0.15) is 5.26 Å². The molecule has 0 spiro atoms. The lowest BCUT2D eigenvalue weighted by Gasteiger charge is -2.22. The fourth-order valence-corrected chi connectivity index (χ4v) is 9.46. The molecule has 0 atom stereocenters. The summed E-state index contributed by atoms with van der Waals surface area (Å²) < 4.78 is 9.55. The highest BCUT2D eigenvalue weighted by Gasteiger charge is 2.27. The van der Waals surface area contributed by atoms with Gasteiger partial charge in [0.25, 0.3) is 0 Å². The van der Waals surface area contributed by atoms with Crippen LogP contribution in [0.5, 0.6) is 0 Å². The van der Waals surface area contributed by atoms with E-state index in [9.17, 15) is 5.26 Å². The van der Waals surface area contributed by atoms with Gasteiger partial charge in [0, 0.05) is 54.9 Å². The third kappa shape index (κ3) is 5.93. The molecule has 0 saturated carbocycles. The standard InChI is InChI=1S/C59H36N4O/c60-37-49-54(41-25-12-4-13-26-41)61-59(62-55(49)42-27-14-5-15-28-42)48-35-36-51(53(40-23-10-3-11-24-40)52(48)39-21-8-2-9-22-39)63-50-32-17-16-29-44(50)45-33-34-47-46-31-18-30-43(38-19-6-1-7-20-38)57(46)64-58(47)56(45)63/h1-36H. The van der Waals surface area contributed by atoms with Gasteiger partial charge in [-0.15, -0.1) is 0 Å². The van der Waals surface area contributed by atoms with Crippen LogP contribution in [0.2, 0.25) is 0 Å². The first-order valence-electron chi connectivity index (χ1n) is 21.4. The third-order valence-electron chi connectivity index (χ3n) is 12.3. The summed E-state index contributed by atoms with van der Waals surface area (Å²) >= 11 is 0. The van der Waals surface area contributed by atoms with Crippen LogP contribution in [0.3, 0.4) is 0 Å². The van der Waals surface area contributed by atoms with Crippen LogP contribution in [0.1, 0.15) is 5.56 Å². The maximum absolute atomic E-state index is 10.8. The van der Waals surface area contributed by atoms with Gasteiger partial charge in [0.05, 0.1) is 28.1 Å². The lowest BCUT2D eigenvalue weighted by Crippen LogP contribution is -2.05. The number of para-hydroxylation sites is 2. The van der Waals surface area contributed by atoms with Crippen LogP contribution < -0.4 is 0 Å². The Hall–Kier alpha value is -8.85. The number of benzene rings is 9. The Bertz CT molecular complexity index is 3700. The minimum atomic E-state index is 0.429. The number of nitriles is 1. The Morgan fingerprint density at radius 2 is 0.891 bits per heavy atom. The first-order chi connectivity index (χ1) is 31.7. The molecule has 5 heteroatoms. The minimum Gasteiger partial charge on any atom is -0.453 e. The van der Waals surface area contributed by atoms with E-state index in [1.54, 1.807) is 0 Å². The molecule has 12 rings (SSSR count). The molecular weight excluding hydrogens is 781 g/mol. The van der Waals surface area contributed by atoms with E-state index in [0.717, 1.165) is 99.5 Å². The smallest absolute Gasteiger partial charge is 0.161 e. The van der Waals surface area contributed by atoms with Gasteiger partial charge in [-0.25, -0.2) is 9.97 Å². The number of fused-ring (bicyclic) bond motifs is 7. The number of rotatable bonds is 7. The van der Waals surface area contributed by atoms with Crippen molar-refractivity contribution in [2.75, 3.05) is 0 Å². The lowest BCUT2D eigenvalue weighted by atomic mass is 9.88. The summed E-state index contributed by atoms with van der Waals surface area (Å²) in [5, 5.41) is 15.1. The van der Waals surface area contributed by atoms with Crippen molar-refractivity contribution in [3.05, 3.63) is 224 Å². The van der Waals surface area contributed by atoms with E-state index in [2.05, 4.69) is 156 Å². The summed E-state index contributed by atoms with van der Waals surface area (Å²) in [5.74, 6) is 0.523. The van der Waals surface area contributed by atoms with Crippen molar-refractivity contribution in [3.63, 3.8) is 0 Å². The largest absolute Gasteiger partial charge is 0.453 e. The number of hydrogen-bond acceptors (Lipinski definition) is 4. The van der Waals surface area contributed by atoms with Crippen LogP contribution >= 0.6 is 0 Å². The molecule has 64 heavy (non-hydrogen) atoms. The van der Waals surface area contributed by atoms with Gasteiger partial charge in [-0.05, 0) is 41.0 Å². The quantitative estimate of drug-likeness (QED) is 0.161. The van der Waals surface area contributed by atoms with E-state index in [0.29, 0.717) is 22.8 Å². The van der Waals surface area contributed by atoms with Crippen molar-refractivity contribution in [2.45, 2.75) is 0 Å². The number of nitrogens with zero attached hydrogens (tertiary/aromatic N) is 4. The summed E-state index contributed by atoms with van der Waals surface area (Å²) in [6, 6.07) is 77.8. The van der Waals surface area contributed by atoms with Crippen LogP contribution in [-0.4, -0.2) is 14.5 Å². The molecule has 0 aliphatic carbocycles. The third-order valence-corrected chi connectivity index (χ3v) is 12.3. The normalized spacial score (nSPS) is 11.4. The van der Waals surface area contributed by atoms with Crippen LogP contribution in [-0.2, 0) is 0 Å². The summed E-state index contributed by atoms with van der Waals surface area (Å²) in [4.78, 5) is 10.7. The molecule has 0 aliphatic rings. The number of aromatic nitrogens is 3. The Kier molecular flexibility index (Phi) is 8.81. The van der Waals surface area contributed by atoms with Crippen molar-refractivity contribution in [1.82, 2.24) is 14.5 Å². The first-order valence-corrected chi connectivity index (χ1v) is 21.4. The van der Waals surface area contributed by atoms with Gasteiger partial charge in [0.2, 0.25) is 0 Å². The Balaban J connectivity index is 1.22. The molecule has 3 aromatic heterocycles. The zero-order valence-corrected chi connectivity index (χ0v) is 34.5.